The molecule has 0 aliphatic carbocycles. The van der Waals surface area contributed by atoms with E-state index in [1.807, 2.05) is 0 Å². The first-order valence-corrected chi connectivity index (χ1v) is 10.8. The standard InChI is InChI=1S/C21H43N3O6/c1-21(2,3)24(5)10-6-7-20(26)23-9-12-28-14-16-30-18-17-29-15-13-27-11-8-19(25)22-4/h6-18H2,1-5H3,(H,22,25)(H,23,26). The molecule has 0 rings (SSSR count). The van der Waals surface area contributed by atoms with Crippen molar-refractivity contribution in [3.05, 3.63) is 0 Å². The number of rotatable bonds is 19. The van der Waals surface area contributed by atoms with Gasteiger partial charge in [0.15, 0.2) is 0 Å². The third-order valence-corrected chi connectivity index (χ3v) is 4.48. The molecule has 2 amide bonds. The molecule has 9 nitrogen and oxygen atoms in total. The lowest BCUT2D eigenvalue weighted by atomic mass is 10.1. The minimum absolute atomic E-state index is 0.0337. The summed E-state index contributed by atoms with van der Waals surface area (Å²) in [6.45, 7) is 11.6. The number of carbonyl (C=O) groups is 2. The maximum Gasteiger partial charge on any atom is 0.222 e. The zero-order chi connectivity index (χ0) is 22.7. The summed E-state index contributed by atoms with van der Waals surface area (Å²) in [5.74, 6) is 0.0282. The highest BCUT2D eigenvalue weighted by Gasteiger charge is 2.16. The Morgan fingerprint density at radius 2 is 1.27 bits per heavy atom. The summed E-state index contributed by atoms with van der Waals surface area (Å²) in [4.78, 5) is 25.0. The molecule has 178 valence electrons. The fraction of sp³-hybridized carbons (Fsp3) is 0.905. The minimum Gasteiger partial charge on any atom is -0.379 e. The van der Waals surface area contributed by atoms with Gasteiger partial charge in [0.1, 0.15) is 0 Å². The van der Waals surface area contributed by atoms with Gasteiger partial charge in [-0.3, -0.25) is 9.59 Å². The Hall–Kier alpha value is -1.26. The fourth-order valence-electron chi connectivity index (χ4n) is 2.21. The molecule has 0 aromatic heterocycles. The highest BCUT2D eigenvalue weighted by atomic mass is 16.6. The number of amides is 2. The third kappa shape index (κ3) is 18.7. The normalized spacial score (nSPS) is 11.7. The van der Waals surface area contributed by atoms with Crippen molar-refractivity contribution >= 4 is 11.8 Å². The molecule has 0 atom stereocenters. The van der Waals surface area contributed by atoms with Crippen LogP contribution in [0.5, 0.6) is 0 Å². The van der Waals surface area contributed by atoms with Crippen LogP contribution in [0.25, 0.3) is 0 Å². The molecule has 9 heteroatoms. The average Bonchev–Trinajstić information content (AvgIpc) is 2.69. The summed E-state index contributed by atoms with van der Waals surface area (Å²) in [5, 5.41) is 5.40. The summed E-state index contributed by atoms with van der Waals surface area (Å²) in [6, 6.07) is 0. The predicted molar refractivity (Wildman–Crippen MR) is 117 cm³/mol. The van der Waals surface area contributed by atoms with Gasteiger partial charge in [0.25, 0.3) is 0 Å². The quantitative estimate of drug-likeness (QED) is 0.291. The van der Waals surface area contributed by atoms with E-state index in [2.05, 4.69) is 43.4 Å². The van der Waals surface area contributed by atoms with Crippen LogP contribution in [0.1, 0.15) is 40.0 Å². The van der Waals surface area contributed by atoms with Crippen LogP contribution in [-0.2, 0) is 28.5 Å². The maximum absolute atomic E-state index is 11.8. The van der Waals surface area contributed by atoms with Gasteiger partial charge in [0.2, 0.25) is 11.8 Å². The van der Waals surface area contributed by atoms with Gasteiger partial charge in [-0.25, -0.2) is 0 Å². The maximum atomic E-state index is 11.8. The SMILES string of the molecule is CNC(=O)CCOCCOCCOCCOCCNC(=O)CCCN(C)C(C)(C)C. The zero-order valence-electron chi connectivity index (χ0n) is 19.6. The molecule has 30 heavy (non-hydrogen) atoms. The summed E-state index contributed by atoms with van der Waals surface area (Å²) >= 11 is 0. The molecule has 0 heterocycles. The largest absolute Gasteiger partial charge is 0.379 e. The minimum atomic E-state index is -0.0337. The summed E-state index contributed by atoms with van der Waals surface area (Å²) in [6.07, 6.45) is 1.74. The molecule has 0 aromatic carbocycles. The van der Waals surface area contributed by atoms with Crippen LogP contribution < -0.4 is 10.6 Å². The molecule has 0 saturated carbocycles. The molecule has 0 aliphatic heterocycles. The molecule has 0 unspecified atom stereocenters. The van der Waals surface area contributed by atoms with Crippen molar-refractivity contribution in [2.75, 3.05) is 80.0 Å². The topological polar surface area (TPSA) is 98.4 Å². The Labute approximate surface area is 182 Å². The predicted octanol–water partition coefficient (Wildman–Crippen LogP) is 0.816. The first-order chi connectivity index (χ1) is 14.3. The first-order valence-electron chi connectivity index (χ1n) is 10.8. The van der Waals surface area contributed by atoms with Gasteiger partial charge < -0.3 is 34.5 Å². The van der Waals surface area contributed by atoms with Crippen molar-refractivity contribution in [2.24, 2.45) is 0 Å². The van der Waals surface area contributed by atoms with Crippen molar-refractivity contribution in [2.45, 2.75) is 45.6 Å². The Kier molecular flexibility index (Phi) is 17.7. The molecule has 2 N–H and O–H groups in total. The van der Waals surface area contributed by atoms with Gasteiger partial charge in [-0.2, -0.15) is 0 Å². The summed E-state index contributed by atoms with van der Waals surface area (Å²) in [5.41, 5.74) is 0.127. The Morgan fingerprint density at radius 3 is 1.77 bits per heavy atom. The first kappa shape index (κ1) is 28.7. The second-order valence-corrected chi connectivity index (χ2v) is 7.92. The Balaban J connectivity index is 3.27. The van der Waals surface area contributed by atoms with E-state index in [1.54, 1.807) is 7.05 Å². The fourth-order valence-corrected chi connectivity index (χ4v) is 2.21. The van der Waals surface area contributed by atoms with E-state index in [4.69, 9.17) is 18.9 Å². The van der Waals surface area contributed by atoms with Gasteiger partial charge in [-0.15, -0.1) is 0 Å². The lowest BCUT2D eigenvalue weighted by molar-refractivity contribution is -0.122. The van der Waals surface area contributed by atoms with E-state index in [0.29, 0.717) is 72.2 Å². The lowest BCUT2D eigenvalue weighted by Gasteiger charge is -2.31. The van der Waals surface area contributed by atoms with Crippen LogP contribution in [0.15, 0.2) is 0 Å². The molecule has 0 radical (unpaired) electrons. The molecule has 0 saturated heterocycles. The second-order valence-electron chi connectivity index (χ2n) is 7.92. The van der Waals surface area contributed by atoms with Crippen LogP contribution in [0.2, 0.25) is 0 Å². The van der Waals surface area contributed by atoms with Crippen LogP contribution in [0.3, 0.4) is 0 Å². The Bertz CT molecular complexity index is 443. The summed E-state index contributed by atoms with van der Waals surface area (Å²) < 4.78 is 21.5. The molecule has 0 aliphatic rings. The van der Waals surface area contributed by atoms with Gasteiger partial charge in [-0.1, -0.05) is 0 Å². The number of carbonyl (C=O) groups excluding carboxylic acids is 2. The van der Waals surface area contributed by atoms with Crippen LogP contribution >= 0.6 is 0 Å². The Morgan fingerprint density at radius 1 is 0.767 bits per heavy atom. The van der Waals surface area contributed by atoms with Crippen molar-refractivity contribution in [1.29, 1.82) is 0 Å². The number of nitrogens with zero attached hydrogens (tertiary/aromatic N) is 1. The number of nitrogens with one attached hydrogen (secondary N) is 2. The van der Waals surface area contributed by atoms with E-state index in [9.17, 15) is 9.59 Å². The van der Waals surface area contributed by atoms with Crippen LogP contribution in [0.4, 0.5) is 0 Å². The lowest BCUT2D eigenvalue weighted by Crippen LogP contribution is -2.39. The van der Waals surface area contributed by atoms with E-state index in [1.165, 1.54) is 0 Å². The van der Waals surface area contributed by atoms with Gasteiger partial charge >= 0.3 is 0 Å². The zero-order valence-corrected chi connectivity index (χ0v) is 19.6. The highest BCUT2D eigenvalue weighted by Crippen LogP contribution is 2.10. The van der Waals surface area contributed by atoms with Crippen molar-refractivity contribution in [1.82, 2.24) is 15.5 Å². The average molecular weight is 434 g/mol. The van der Waals surface area contributed by atoms with E-state index in [-0.39, 0.29) is 17.4 Å². The summed E-state index contributed by atoms with van der Waals surface area (Å²) in [7, 11) is 3.68. The molecule has 0 spiro atoms. The molecular weight excluding hydrogens is 390 g/mol. The van der Waals surface area contributed by atoms with Crippen LogP contribution in [0, 0.1) is 0 Å². The van der Waals surface area contributed by atoms with Crippen molar-refractivity contribution in [3.8, 4) is 0 Å². The molecule has 0 aromatic rings. The monoisotopic (exact) mass is 433 g/mol. The van der Waals surface area contributed by atoms with Crippen molar-refractivity contribution < 1.29 is 28.5 Å². The van der Waals surface area contributed by atoms with Gasteiger partial charge in [-0.05, 0) is 40.8 Å². The van der Waals surface area contributed by atoms with Gasteiger partial charge in [0.05, 0.1) is 52.9 Å². The third-order valence-electron chi connectivity index (χ3n) is 4.48. The highest BCUT2D eigenvalue weighted by molar-refractivity contribution is 5.76. The van der Waals surface area contributed by atoms with E-state index >= 15 is 0 Å². The molecular formula is C21H43N3O6. The van der Waals surface area contributed by atoms with Crippen molar-refractivity contribution in [3.63, 3.8) is 0 Å². The smallest absolute Gasteiger partial charge is 0.222 e. The number of hydrogen-bond donors (Lipinski definition) is 2. The van der Waals surface area contributed by atoms with Crippen LogP contribution in [-0.4, -0.2) is 102 Å². The van der Waals surface area contributed by atoms with E-state index in [0.717, 1.165) is 13.0 Å². The molecule has 0 bridgehead atoms. The van der Waals surface area contributed by atoms with Gasteiger partial charge in [0, 0.05) is 32.0 Å². The number of ether oxygens (including phenoxy) is 4. The second kappa shape index (κ2) is 18.5. The van der Waals surface area contributed by atoms with E-state index < -0.39 is 0 Å². The number of hydrogen-bond acceptors (Lipinski definition) is 7. The molecule has 0 fully saturated rings.